The lowest BCUT2D eigenvalue weighted by Crippen LogP contribution is -2.07. The van der Waals surface area contributed by atoms with Crippen molar-refractivity contribution in [3.8, 4) is 0 Å². The number of nitrogens with two attached hydrogens (primary N) is 1. The highest BCUT2D eigenvalue weighted by atomic mass is 19.1. The summed E-state index contributed by atoms with van der Waals surface area (Å²) in [7, 11) is 0. The van der Waals surface area contributed by atoms with E-state index in [-0.39, 0.29) is 5.82 Å². The largest absolute Gasteiger partial charge is 0.398 e. The predicted molar refractivity (Wildman–Crippen MR) is 74.4 cm³/mol. The molecule has 4 heteroatoms. The second-order valence-corrected chi connectivity index (χ2v) is 4.54. The van der Waals surface area contributed by atoms with Gasteiger partial charge in [-0.15, -0.1) is 0 Å². The van der Waals surface area contributed by atoms with Crippen molar-refractivity contribution < 1.29 is 4.39 Å². The number of imidazole rings is 1. The van der Waals surface area contributed by atoms with Crippen LogP contribution >= 0.6 is 0 Å². The normalized spacial score (nSPS) is 11.1. The summed E-state index contributed by atoms with van der Waals surface area (Å²) in [4.78, 5) is 4.47. The molecular formula is C15H14FN3. The van der Waals surface area contributed by atoms with Crippen molar-refractivity contribution in [3.05, 3.63) is 59.7 Å². The van der Waals surface area contributed by atoms with Gasteiger partial charge >= 0.3 is 0 Å². The fourth-order valence-electron chi connectivity index (χ4n) is 2.30. The number of anilines is 1. The van der Waals surface area contributed by atoms with E-state index in [2.05, 4.69) is 4.98 Å². The number of benzene rings is 2. The highest BCUT2D eigenvalue weighted by Gasteiger charge is 2.11. The first-order chi connectivity index (χ1) is 9.16. The standard InChI is InChI=1S/C15H14FN3/c1-10-18-14-7-2-3-8-15(14)19(10)9-11-12(16)5-4-6-13(11)17/h2-8H,9,17H2,1H3. The minimum absolute atomic E-state index is 0.280. The molecule has 3 aromatic rings. The van der Waals surface area contributed by atoms with Crippen LogP contribution < -0.4 is 5.73 Å². The van der Waals surface area contributed by atoms with Crippen molar-refractivity contribution in [1.82, 2.24) is 9.55 Å². The van der Waals surface area contributed by atoms with E-state index in [1.54, 1.807) is 12.1 Å². The molecule has 0 unspecified atom stereocenters. The van der Waals surface area contributed by atoms with Crippen molar-refractivity contribution in [2.24, 2.45) is 0 Å². The molecule has 1 aromatic heterocycles. The molecule has 0 aliphatic rings. The van der Waals surface area contributed by atoms with Gasteiger partial charge in [-0.1, -0.05) is 18.2 Å². The molecule has 0 amide bonds. The SMILES string of the molecule is Cc1nc2ccccc2n1Cc1c(N)cccc1F. The fourth-order valence-corrected chi connectivity index (χ4v) is 2.30. The molecule has 0 atom stereocenters. The summed E-state index contributed by atoms with van der Waals surface area (Å²) in [6, 6.07) is 12.6. The molecule has 2 N–H and O–H groups in total. The lowest BCUT2D eigenvalue weighted by Gasteiger charge is -2.10. The summed E-state index contributed by atoms with van der Waals surface area (Å²) in [5.41, 5.74) is 8.74. The van der Waals surface area contributed by atoms with Crippen LogP contribution in [0, 0.1) is 12.7 Å². The topological polar surface area (TPSA) is 43.8 Å². The highest BCUT2D eigenvalue weighted by molar-refractivity contribution is 5.76. The van der Waals surface area contributed by atoms with Crippen molar-refractivity contribution in [2.75, 3.05) is 5.73 Å². The number of halogens is 1. The zero-order chi connectivity index (χ0) is 13.4. The molecular weight excluding hydrogens is 241 g/mol. The van der Waals surface area contributed by atoms with Gasteiger partial charge in [-0.3, -0.25) is 0 Å². The first-order valence-corrected chi connectivity index (χ1v) is 6.11. The average Bonchev–Trinajstić information content (AvgIpc) is 2.70. The second kappa shape index (κ2) is 4.39. The maximum absolute atomic E-state index is 13.9. The minimum Gasteiger partial charge on any atom is -0.398 e. The molecule has 1 heterocycles. The van der Waals surface area contributed by atoms with E-state index in [0.29, 0.717) is 17.8 Å². The van der Waals surface area contributed by atoms with Gasteiger partial charge in [-0.05, 0) is 31.2 Å². The van der Waals surface area contributed by atoms with E-state index >= 15 is 0 Å². The zero-order valence-corrected chi connectivity index (χ0v) is 10.6. The number of hydrogen-bond acceptors (Lipinski definition) is 2. The Labute approximate surface area is 110 Å². The molecule has 0 saturated heterocycles. The Morgan fingerprint density at radius 3 is 2.74 bits per heavy atom. The summed E-state index contributed by atoms with van der Waals surface area (Å²) in [6.07, 6.45) is 0. The van der Waals surface area contributed by atoms with E-state index in [1.165, 1.54) is 6.07 Å². The summed E-state index contributed by atoms with van der Waals surface area (Å²) in [6.45, 7) is 2.31. The van der Waals surface area contributed by atoms with Gasteiger partial charge in [-0.25, -0.2) is 9.37 Å². The number of para-hydroxylation sites is 2. The van der Waals surface area contributed by atoms with Crippen LogP contribution in [0.25, 0.3) is 11.0 Å². The van der Waals surface area contributed by atoms with Gasteiger partial charge in [0, 0.05) is 11.3 Å². The van der Waals surface area contributed by atoms with Crippen molar-refractivity contribution >= 4 is 16.7 Å². The first kappa shape index (κ1) is 11.7. The molecule has 0 fully saturated rings. The second-order valence-electron chi connectivity index (χ2n) is 4.54. The van der Waals surface area contributed by atoms with Crippen LogP contribution in [0.4, 0.5) is 10.1 Å². The zero-order valence-electron chi connectivity index (χ0n) is 10.6. The Hall–Kier alpha value is -2.36. The summed E-state index contributed by atoms with van der Waals surface area (Å²) in [5.74, 6) is 0.570. The van der Waals surface area contributed by atoms with Crippen LogP contribution in [0.1, 0.15) is 11.4 Å². The van der Waals surface area contributed by atoms with E-state index in [1.807, 2.05) is 35.8 Å². The number of rotatable bonds is 2. The van der Waals surface area contributed by atoms with Gasteiger partial charge in [-0.2, -0.15) is 0 Å². The number of nitrogen functional groups attached to an aromatic ring is 1. The molecule has 0 aliphatic carbocycles. The van der Waals surface area contributed by atoms with Crippen LogP contribution in [0.5, 0.6) is 0 Å². The van der Waals surface area contributed by atoms with Crippen LogP contribution in [-0.4, -0.2) is 9.55 Å². The Morgan fingerprint density at radius 2 is 1.95 bits per heavy atom. The summed E-state index contributed by atoms with van der Waals surface area (Å²) in [5, 5.41) is 0. The van der Waals surface area contributed by atoms with Gasteiger partial charge in [0.1, 0.15) is 11.6 Å². The summed E-state index contributed by atoms with van der Waals surface area (Å²) < 4.78 is 15.8. The number of aromatic nitrogens is 2. The fraction of sp³-hybridized carbons (Fsp3) is 0.133. The third-order valence-electron chi connectivity index (χ3n) is 3.32. The van der Waals surface area contributed by atoms with Crippen molar-refractivity contribution in [3.63, 3.8) is 0 Å². The molecule has 2 aromatic carbocycles. The molecule has 0 aliphatic heterocycles. The van der Waals surface area contributed by atoms with E-state index in [4.69, 9.17) is 5.73 Å². The molecule has 96 valence electrons. The van der Waals surface area contributed by atoms with Crippen molar-refractivity contribution in [2.45, 2.75) is 13.5 Å². The van der Waals surface area contributed by atoms with Gasteiger partial charge in [0.15, 0.2) is 0 Å². The predicted octanol–water partition coefficient (Wildman–Crippen LogP) is 3.11. The van der Waals surface area contributed by atoms with Crippen LogP contribution in [0.2, 0.25) is 0 Å². The Balaban J connectivity index is 2.13. The lowest BCUT2D eigenvalue weighted by atomic mass is 10.1. The van der Waals surface area contributed by atoms with Crippen LogP contribution in [-0.2, 0) is 6.54 Å². The van der Waals surface area contributed by atoms with Gasteiger partial charge < -0.3 is 10.3 Å². The monoisotopic (exact) mass is 255 g/mol. The lowest BCUT2D eigenvalue weighted by molar-refractivity contribution is 0.601. The smallest absolute Gasteiger partial charge is 0.130 e. The first-order valence-electron chi connectivity index (χ1n) is 6.11. The molecule has 0 radical (unpaired) electrons. The number of hydrogen-bond donors (Lipinski definition) is 1. The van der Waals surface area contributed by atoms with Crippen LogP contribution in [0.15, 0.2) is 42.5 Å². The average molecular weight is 255 g/mol. The molecule has 3 rings (SSSR count). The van der Waals surface area contributed by atoms with E-state index < -0.39 is 0 Å². The molecule has 0 saturated carbocycles. The number of fused-ring (bicyclic) bond motifs is 1. The van der Waals surface area contributed by atoms with Crippen LogP contribution in [0.3, 0.4) is 0 Å². The highest BCUT2D eigenvalue weighted by Crippen LogP contribution is 2.21. The summed E-state index contributed by atoms with van der Waals surface area (Å²) >= 11 is 0. The van der Waals surface area contributed by atoms with Crippen molar-refractivity contribution in [1.29, 1.82) is 0 Å². The maximum atomic E-state index is 13.9. The minimum atomic E-state index is -0.280. The third kappa shape index (κ3) is 1.95. The third-order valence-corrected chi connectivity index (χ3v) is 3.32. The Kier molecular flexibility index (Phi) is 2.71. The van der Waals surface area contributed by atoms with Gasteiger partial charge in [0.25, 0.3) is 0 Å². The maximum Gasteiger partial charge on any atom is 0.130 e. The molecule has 0 bridgehead atoms. The Bertz CT molecular complexity index is 726. The number of aryl methyl sites for hydroxylation is 1. The van der Waals surface area contributed by atoms with E-state index in [9.17, 15) is 4.39 Å². The molecule has 0 spiro atoms. The quantitative estimate of drug-likeness (QED) is 0.715. The van der Waals surface area contributed by atoms with E-state index in [0.717, 1.165) is 16.9 Å². The van der Waals surface area contributed by atoms with Gasteiger partial charge in [0.2, 0.25) is 0 Å². The number of nitrogens with zero attached hydrogens (tertiary/aromatic N) is 2. The molecule has 19 heavy (non-hydrogen) atoms. The van der Waals surface area contributed by atoms with Gasteiger partial charge in [0.05, 0.1) is 17.6 Å². The Morgan fingerprint density at radius 1 is 1.16 bits per heavy atom. The molecule has 3 nitrogen and oxygen atoms in total.